The van der Waals surface area contributed by atoms with E-state index in [1.54, 1.807) is 19.1 Å². The highest BCUT2D eigenvalue weighted by Gasteiger charge is 2.15. The van der Waals surface area contributed by atoms with E-state index in [0.717, 1.165) is 11.6 Å². The molecule has 1 aromatic heterocycles. The Morgan fingerprint density at radius 3 is 2.60 bits per heavy atom. The topological polar surface area (TPSA) is 97.6 Å². The molecule has 0 aliphatic heterocycles. The third-order valence-corrected chi connectivity index (χ3v) is 4.29. The first-order valence-electron chi connectivity index (χ1n) is 8.71. The Hall–Kier alpha value is -3.65. The first kappa shape index (κ1) is 21.1. The van der Waals surface area contributed by atoms with E-state index in [1.807, 2.05) is 0 Å². The summed E-state index contributed by atoms with van der Waals surface area (Å²) in [6.07, 6.45) is 1.38. The van der Waals surface area contributed by atoms with Crippen LogP contribution in [-0.4, -0.2) is 24.4 Å². The Morgan fingerprint density at radius 1 is 1.10 bits per heavy atom. The van der Waals surface area contributed by atoms with Crippen molar-refractivity contribution in [1.82, 2.24) is 0 Å². The lowest BCUT2D eigenvalue weighted by Gasteiger charge is -2.10. The largest absolute Gasteiger partial charge is 0.459 e. The summed E-state index contributed by atoms with van der Waals surface area (Å²) < 4.78 is 23.2. The second kappa shape index (κ2) is 9.23. The van der Waals surface area contributed by atoms with Crippen LogP contribution in [0.1, 0.15) is 26.5 Å². The lowest BCUT2D eigenvalue weighted by molar-refractivity contribution is -0.119. The van der Waals surface area contributed by atoms with Crippen LogP contribution in [0.15, 0.2) is 59.2 Å². The second-order valence-corrected chi connectivity index (χ2v) is 6.62. The van der Waals surface area contributed by atoms with Crippen molar-refractivity contribution in [2.45, 2.75) is 6.92 Å². The van der Waals surface area contributed by atoms with E-state index in [2.05, 4.69) is 10.6 Å². The van der Waals surface area contributed by atoms with Crippen LogP contribution in [0, 0.1) is 12.7 Å². The van der Waals surface area contributed by atoms with E-state index in [4.69, 9.17) is 20.8 Å². The van der Waals surface area contributed by atoms with Gasteiger partial charge in [0.15, 0.2) is 12.4 Å². The zero-order valence-corrected chi connectivity index (χ0v) is 16.5. The number of carbonyl (C=O) groups is 3. The van der Waals surface area contributed by atoms with Gasteiger partial charge in [-0.15, -0.1) is 0 Å². The van der Waals surface area contributed by atoms with Gasteiger partial charge in [0.05, 0.1) is 16.8 Å². The highest BCUT2D eigenvalue weighted by Crippen LogP contribution is 2.20. The Bertz CT molecular complexity index is 1100. The van der Waals surface area contributed by atoms with Gasteiger partial charge >= 0.3 is 5.97 Å². The van der Waals surface area contributed by atoms with Gasteiger partial charge in [0, 0.05) is 11.4 Å². The van der Waals surface area contributed by atoms with Crippen molar-refractivity contribution >= 4 is 40.8 Å². The van der Waals surface area contributed by atoms with Crippen molar-refractivity contribution in [2.24, 2.45) is 0 Å². The van der Waals surface area contributed by atoms with Crippen molar-refractivity contribution in [3.8, 4) is 0 Å². The molecular formula is C21H16ClFN2O5. The van der Waals surface area contributed by atoms with Crippen LogP contribution >= 0.6 is 11.6 Å². The maximum atomic E-state index is 13.2. The predicted molar refractivity (Wildman–Crippen MR) is 108 cm³/mol. The van der Waals surface area contributed by atoms with E-state index in [9.17, 15) is 18.8 Å². The minimum atomic E-state index is -0.754. The SMILES string of the molecule is Cc1ccc(C(=O)OCC(=O)Nc2ccc(F)c(Cl)c2)cc1NC(=O)c1ccco1. The maximum absolute atomic E-state index is 13.2. The minimum absolute atomic E-state index is 0.125. The van der Waals surface area contributed by atoms with Crippen molar-refractivity contribution in [2.75, 3.05) is 17.2 Å². The molecular weight excluding hydrogens is 415 g/mol. The van der Waals surface area contributed by atoms with Gasteiger partial charge in [-0.05, 0) is 55.0 Å². The summed E-state index contributed by atoms with van der Waals surface area (Å²) in [5.41, 5.74) is 1.53. The molecule has 0 bridgehead atoms. The molecule has 0 radical (unpaired) electrons. The van der Waals surface area contributed by atoms with Crippen molar-refractivity contribution in [3.63, 3.8) is 0 Å². The number of nitrogens with one attached hydrogen (secondary N) is 2. The van der Waals surface area contributed by atoms with Gasteiger partial charge in [0.1, 0.15) is 5.82 Å². The zero-order valence-electron chi connectivity index (χ0n) is 15.7. The molecule has 1 heterocycles. The summed E-state index contributed by atoms with van der Waals surface area (Å²) in [4.78, 5) is 36.4. The Morgan fingerprint density at radius 2 is 1.90 bits per heavy atom. The molecule has 0 saturated heterocycles. The number of carbonyl (C=O) groups excluding carboxylic acids is 3. The number of ether oxygens (including phenoxy) is 1. The molecule has 0 atom stereocenters. The van der Waals surface area contributed by atoms with Crippen LogP contribution in [-0.2, 0) is 9.53 Å². The number of rotatable bonds is 6. The van der Waals surface area contributed by atoms with Crippen LogP contribution in [0.4, 0.5) is 15.8 Å². The summed E-state index contributed by atoms with van der Waals surface area (Å²) >= 11 is 5.65. The number of anilines is 2. The number of furan rings is 1. The van der Waals surface area contributed by atoms with Gasteiger partial charge < -0.3 is 19.8 Å². The summed E-state index contributed by atoms with van der Waals surface area (Å²) in [6, 6.07) is 11.4. The van der Waals surface area contributed by atoms with Crippen molar-refractivity contribution in [3.05, 3.63) is 82.5 Å². The predicted octanol–water partition coefficient (Wildman–Crippen LogP) is 4.43. The standard InChI is InChI=1S/C21H16ClFN2O5/c1-12-4-5-13(9-17(12)25-20(27)18-3-2-8-29-18)21(28)30-11-19(26)24-14-6-7-16(23)15(22)10-14/h2-10H,11H2,1H3,(H,24,26)(H,25,27). The lowest BCUT2D eigenvalue weighted by Crippen LogP contribution is -2.21. The molecule has 7 nitrogen and oxygen atoms in total. The maximum Gasteiger partial charge on any atom is 0.338 e. The molecule has 2 amide bonds. The first-order chi connectivity index (χ1) is 14.3. The molecule has 0 saturated carbocycles. The van der Waals surface area contributed by atoms with Gasteiger partial charge in [-0.1, -0.05) is 17.7 Å². The summed E-state index contributed by atoms with van der Waals surface area (Å²) in [5.74, 6) is -2.33. The van der Waals surface area contributed by atoms with Gasteiger partial charge in [-0.2, -0.15) is 0 Å². The molecule has 2 N–H and O–H groups in total. The molecule has 30 heavy (non-hydrogen) atoms. The number of esters is 1. The van der Waals surface area contributed by atoms with Gasteiger partial charge in [0.25, 0.3) is 11.8 Å². The number of hydrogen-bond acceptors (Lipinski definition) is 5. The fourth-order valence-corrected chi connectivity index (χ4v) is 2.64. The minimum Gasteiger partial charge on any atom is -0.459 e. The molecule has 0 spiro atoms. The van der Waals surface area contributed by atoms with E-state index in [0.29, 0.717) is 5.69 Å². The molecule has 9 heteroatoms. The third-order valence-electron chi connectivity index (χ3n) is 4.00. The van der Waals surface area contributed by atoms with E-state index in [1.165, 1.54) is 36.6 Å². The quantitative estimate of drug-likeness (QED) is 0.564. The van der Waals surface area contributed by atoms with Crippen LogP contribution in [0.2, 0.25) is 5.02 Å². The van der Waals surface area contributed by atoms with E-state index < -0.39 is 30.2 Å². The number of halogens is 2. The van der Waals surface area contributed by atoms with Crippen molar-refractivity contribution < 1.29 is 27.9 Å². The fourth-order valence-electron chi connectivity index (χ4n) is 2.46. The summed E-state index contributed by atoms with van der Waals surface area (Å²) in [5, 5.41) is 4.95. The van der Waals surface area contributed by atoms with Gasteiger partial charge in [0.2, 0.25) is 0 Å². The molecule has 154 valence electrons. The average Bonchev–Trinajstić information content (AvgIpc) is 3.25. The molecule has 3 rings (SSSR count). The molecule has 2 aromatic carbocycles. The molecule has 0 aliphatic rings. The monoisotopic (exact) mass is 430 g/mol. The smallest absolute Gasteiger partial charge is 0.338 e. The van der Waals surface area contributed by atoms with Crippen LogP contribution in [0.25, 0.3) is 0 Å². The van der Waals surface area contributed by atoms with Crippen LogP contribution in [0.3, 0.4) is 0 Å². The summed E-state index contributed by atoms with van der Waals surface area (Å²) in [7, 11) is 0. The Labute approximate surface area is 175 Å². The molecule has 0 unspecified atom stereocenters. The van der Waals surface area contributed by atoms with E-state index >= 15 is 0 Å². The Kier molecular flexibility index (Phi) is 6.48. The first-order valence-corrected chi connectivity index (χ1v) is 9.09. The van der Waals surface area contributed by atoms with Crippen LogP contribution < -0.4 is 10.6 Å². The number of aryl methyl sites for hydroxylation is 1. The highest BCUT2D eigenvalue weighted by molar-refractivity contribution is 6.31. The fraction of sp³-hybridized carbons (Fsp3) is 0.0952. The van der Waals surface area contributed by atoms with Gasteiger partial charge in [-0.25, -0.2) is 9.18 Å². The molecule has 0 aliphatic carbocycles. The molecule has 0 fully saturated rings. The summed E-state index contributed by atoms with van der Waals surface area (Å²) in [6.45, 7) is 1.20. The van der Waals surface area contributed by atoms with Crippen LogP contribution in [0.5, 0.6) is 0 Å². The van der Waals surface area contributed by atoms with E-state index in [-0.39, 0.29) is 22.0 Å². The lowest BCUT2D eigenvalue weighted by atomic mass is 10.1. The third kappa shape index (κ3) is 5.24. The zero-order chi connectivity index (χ0) is 21.7. The Balaban J connectivity index is 1.60. The second-order valence-electron chi connectivity index (χ2n) is 6.21. The normalized spacial score (nSPS) is 10.4. The van der Waals surface area contributed by atoms with Gasteiger partial charge in [-0.3, -0.25) is 9.59 Å². The molecule has 3 aromatic rings. The highest BCUT2D eigenvalue weighted by atomic mass is 35.5. The number of hydrogen-bond donors (Lipinski definition) is 2. The number of amides is 2. The number of benzene rings is 2. The van der Waals surface area contributed by atoms with Crippen molar-refractivity contribution in [1.29, 1.82) is 0 Å². The average molecular weight is 431 g/mol.